The molecule has 0 bridgehead atoms. The zero-order valence-corrected chi connectivity index (χ0v) is 15.1. The minimum absolute atomic E-state index is 0.0893. The van der Waals surface area contributed by atoms with Crippen LogP contribution in [0.25, 0.3) is 11.0 Å². The number of nitrogens with one attached hydrogen (secondary N) is 2. The second kappa shape index (κ2) is 7.02. The molecule has 3 heterocycles. The summed E-state index contributed by atoms with van der Waals surface area (Å²) in [6.07, 6.45) is 2.35. The highest BCUT2D eigenvalue weighted by atomic mass is 32.1. The van der Waals surface area contributed by atoms with Crippen molar-refractivity contribution in [3.63, 3.8) is 0 Å². The lowest BCUT2D eigenvalue weighted by atomic mass is 10.2. The number of fused-ring (bicyclic) bond motifs is 1. The number of furan rings is 1. The van der Waals surface area contributed by atoms with E-state index in [1.165, 1.54) is 22.6 Å². The molecule has 1 aliphatic heterocycles. The molecule has 4 nitrogen and oxygen atoms in total. The van der Waals surface area contributed by atoms with E-state index in [4.69, 9.17) is 4.42 Å². The van der Waals surface area contributed by atoms with Crippen LogP contribution < -0.4 is 10.2 Å². The van der Waals surface area contributed by atoms with Crippen LogP contribution in [0.15, 0.2) is 52.3 Å². The molecule has 2 N–H and O–H groups in total. The average Bonchev–Trinajstić information content (AvgIpc) is 3.34. The molecule has 0 radical (unpaired) electrons. The van der Waals surface area contributed by atoms with E-state index in [2.05, 4.69) is 22.8 Å². The van der Waals surface area contributed by atoms with Crippen molar-refractivity contribution in [1.29, 1.82) is 0 Å². The smallest absolute Gasteiger partial charge is 0.275 e. The zero-order valence-electron chi connectivity index (χ0n) is 14.3. The van der Waals surface area contributed by atoms with Crippen LogP contribution in [0.1, 0.15) is 42.5 Å². The maximum Gasteiger partial charge on any atom is 0.275 e. The Kier molecular flexibility index (Phi) is 4.59. The molecule has 4 rings (SSSR count). The van der Waals surface area contributed by atoms with Gasteiger partial charge in [0.25, 0.3) is 5.91 Å². The average molecular weight is 355 g/mol. The number of carbonyl (C=O) groups excluding carboxylic acids is 1. The summed E-state index contributed by atoms with van der Waals surface area (Å²) in [5.74, 6) is 0.896. The molecule has 2 aromatic heterocycles. The van der Waals surface area contributed by atoms with Crippen molar-refractivity contribution in [1.82, 2.24) is 5.32 Å². The summed E-state index contributed by atoms with van der Waals surface area (Å²) in [4.78, 5) is 15.3. The SMILES string of the molecule is C[C@H](NC(=O)C[NH+]1CCC[C@@H]1c1cccs1)c1cc2ccccc2o1. The number of benzene rings is 1. The summed E-state index contributed by atoms with van der Waals surface area (Å²) in [5, 5.41) is 6.29. The predicted molar refractivity (Wildman–Crippen MR) is 99.8 cm³/mol. The Balaban J connectivity index is 1.39. The van der Waals surface area contributed by atoms with Gasteiger partial charge in [-0.15, -0.1) is 11.3 Å². The minimum Gasteiger partial charge on any atom is -0.459 e. The van der Waals surface area contributed by atoms with Crippen molar-refractivity contribution in [3.05, 3.63) is 58.5 Å². The molecule has 1 unspecified atom stereocenters. The largest absolute Gasteiger partial charge is 0.459 e. The van der Waals surface area contributed by atoms with Crippen molar-refractivity contribution in [2.24, 2.45) is 0 Å². The molecule has 0 aliphatic carbocycles. The Bertz CT molecular complexity index is 823. The van der Waals surface area contributed by atoms with E-state index in [9.17, 15) is 4.79 Å². The van der Waals surface area contributed by atoms with Gasteiger partial charge in [0.2, 0.25) is 0 Å². The number of rotatable bonds is 5. The van der Waals surface area contributed by atoms with Crippen LogP contribution in [-0.2, 0) is 4.79 Å². The summed E-state index contributed by atoms with van der Waals surface area (Å²) in [7, 11) is 0. The van der Waals surface area contributed by atoms with Crippen LogP contribution in [0.5, 0.6) is 0 Å². The Hall–Kier alpha value is -2.11. The number of amides is 1. The van der Waals surface area contributed by atoms with Crippen molar-refractivity contribution >= 4 is 28.2 Å². The first-order valence-corrected chi connectivity index (χ1v) is 9.74. The third-order valence-electron chi connectivity index (χ3n) is 5.01. The Morgan fingerprint density at radius 3 is 3.04 bits per heavy atom. The molecule has 5 heteroatoms. The van der Waals surface area contributed by atoms with Gasteiger partial charge in [-0.05, 0) is 30.5 Å². The lowest BCUT2D eigenvalue weighted by Gasteiger charge is -2.21. The Labute approximate surface area is 151 Å². The van der Waals surface area contributed by atoms with Gasteiger partial charge >= 0.3 is 0 Å². The van der Waals surface area contributed by atoms with Gasteiger partial charge in [0.1, 0.15) is 17.4 Å². The summed E-state index contributed by atoms with van der Waals surface area (Å²) >= 11 is 1.80. The summed E-state index contributed by atoms with van der Waals surface area (Å²) in [6, 6.07) is 14.6. The first-order valence-electron chi connectivity index (χ1n) is 8.86. The van der Waals surface area contributed by atoms with Crippen LogP contribution in [0.2, 0.25) is 0 Å². The predicted octanol–water partition coefficient (Wildman–Crippen LogP) is 3.09. The molecule has 1 fully saturated rings. The van der Waals surface area contributed by atoms with E-state index in [0.717, 1.165) is 23.3 Å². The topological polar surface area (TPSA) is 46.7 Å². The van der Waals surface area contributed by atoms with Gasteiger partial charge in [0.05, 0.1) is 17.5 Å². The highest BCUT2D eigenvalue weighted by Gasteiger charge is 2.32. The van der Waals surface area contributed by atoms with Gasteiger partial charge in [-0.3, -0.25) is 4.79 Å². The van der Waals surface area contributed by atoms with Gasteiger partial charge in [-0.25, -0.2) is 0 Å². The number of quaternary nitrogens is 1. The number of para-hydroxylation sites is 1. The monoisotopic (exact) mass is 355 g/mol. The third-order valence-corrected chi connectivity index (χ3v) is 5.99. The molecule has 1 aromatic carbocycles. The highest BCUT2D eigenvalue weighted by molar-refractivity contribution is 7.10. The quantitative estimate of drug-likeness (QED) is 0.739. The Morgan fingerprint density at radius 1 is 1.36 bits per heavy atom. The van der Waals surface area contributed by atoms with Gasteiger partial charge in [0.15, 0.2) is 6.54 Å². The summed E-state index contributed by atoms with van der Waals surface area (Å²) < 4.78 is 5.86. The highest BCUT2D eigenvalue weighted by Crippen LogP contribution is 2.24. The molecule has 3 atom stereocenters. The maximum absolute atomic E-state index is 12.5. The van der Waals surface area contributed by atoms with Crippen molar-refractivity contribution in [2.45, 2.75) is 31.8 Å². The van der Waals surface area contributed by atoms with E-state index < -0.39 is 0 Å². The molecule has 1 aliphatic rings. The van der Waals surface area contributed by atoms with Gasteiger partial charge < -0.3 is 14.6 Å². The first-order chi connectivity index (χ1) is 12.2. The summed E-state index contributed by atoms with van der Waals surface area (Å²) in [5.41, 5.74) is 0.863. The van der Waals surface area contributed by atoms with Crippen LogP contribution in [0.4, 0.5) is 0 Å². The molecule has 1 saturated heterocycles. The van der Waals surface area contributed by atoms with Crippen molar-refractivity contribution < 1.29 is 14.1 Å². The first kappa shape index (κ1) is 16.4. The number of hydrogen-bond donors (Lipinski definition) is 2. The van der Waals surface area contributed by atoms with Gasteiger partial charge in [-0.2, -0.15) is 0 Å². The second-order valence-corrected chi connectivity index (χ2v) is 7.75. The van der Waals surface area contributed by atoms with E-state index in [0.29, 0.717) is 12.6 Å². The fourth-order valence-electron chi connectivity index (χ4n) is 3.74. The standard InChI is InChI=1S/C20H22N2O2S/c1-14(18-12-15-6-2-3-8-17(15)24-18)21-20(23)13-22-10-4-7-16(22)19-9-5-11-25-19/h2-3,5-6,8-9,11-12,14,16H,4,7,10,13H2,1H3,(H,21,23)/p+1/t14-,16+/m0/s1. The molecule has 0 spiro atoms. The van der Waals surface area contributed by atoms with Crippen molar-refractivity contribution in [3.8, 4) is 0 Å². The zero-order chi connectivity index (χ0) is 17.2. The van der Waals surface area contributed by atoms with E-state index in [1.807, 2.05) is 37.3 Å². The van der Waals surface area contributed by atoms with Crippen LogP contribution in [0, 0.1) is 0 Å². The van der Waals surface area contributed by atoms with E-state index >= 15 is 0 Å². The molecular weight excluding hydrogens is 332 g/mol. The molecular formula is C20H23N2O2S+. The number of carbonyl (C=O) groups is 1. The lowest BCUT2D eigenvalue weighted by Crippen LogP contribution is -3.11. The molecule has 25 heavy (non-hydrogen) atoms. The minimum atomic E-state index is -0.123. The lowest BCUT2D eigenvalue weighted by molar-refractivity contribution is -0.910. The number of thiophene rings is 1. The molecule has 0 saturated carbocycles. The molecule has 3 aromatic rings. The van der Waals surface area contributed by atoms with Crippen LogP contribution in [-0.4, -0.2) is 19.0 Å². The molecule has 130 valence electrons. The normalized spacial score (nSPS) is 21.5. The van der Waals surface area contributed by atoms with Crippen LogP contribution in [0.3, 0.4) is 0 Å². The second-order valence-electron chi connectivity index (χ2n) is 6.77. The van der Waals surface area contributed by atoms with E-state index in [1.54, 1.807) is 11.3 Å². The van der Waals surface area contributed by atoms with Crippen LogP contribution >= 0.6 is 11.3 Å². The Morgan fingerprint density at radius 2 is 2.24 bits per heavy atom. The summed E-state index contributed by atoms with van der Waals surface area (Å²) in [6.45, 7) is 3.56. The van der Waals surface area contributed by atoms with Gasteiger partial charge in [-0.1, -0.05) is 24.3 Å². The van der Waals surface area contributed by atoms with E-state index in [-0.39, 0.29) is 11.9 Å². The molecule has 1 amide bonds. The maximum atomic E-state index is 12.5. The number of likely N-dealkylation sites (tertiary alicyclic amines) is 1. The third kappa shape index (κ3) is 3.48. The fraction of sp³-hybridized carbons (Fsp3) is 0.350. The van der Waals surface area contributed by atoms with Gasteiger partial charge in [0, 0.05) is 18.2 Å². The number of hydrogen-bond acceptors (Lipinski definition) is 3. The van der Waals surface area contributed by atoms with Crippen molar-refractivity contribution in [2.75, 3.05) is 13.1 Å². The fourth-order valence-corrected chi connectivity index (χ4v) is 4.66.